The van der Waals surface area contributed by atoms with E-state index in [0.29, 0.717) is 0 Å². The topological polar surface area (TPSA) is 44.5 Å². The van der Waals surface area contributed by atoms with Gasteiger partial charge in [0, 0.05) is 39.3 Å². The first-order chi connectivity index (χ1) is 7.86. The maximum atomic E-state index is 5.64. The molecule has 0 radical (unpaired) electrons. The van der Waals surface area contributed by atoms with Crippen molar-refractivity contribution < 1.29 is 0 Å². The maximum Gasteiger partial charge on any atom is 0.0110 e. The third-order valence-corrected chi connectivity index (χ3v) is 3.15. The van der Waals surface area contributed by atoms with E-state index in [1.807, 2.05) is 0 Å². The van der Waals surface area contributed by atoms with Crippen molar-refractivity contribution in [3.8, 4) is 0 Å². The number of rotatable bonds is 4. The van der Waals surface area contributed by atoms with E-state index in [-0.39, 0.29) is 0 Å². The molecule has 1 rings (SSSR count). The molecule has 0 aromatic carbocycles. The number of nitrogens with one attached hydrogen (secondary N) is 1. The lowest BCUT2D eigenvalue weighted by atomic mass is 10.3. The van der Waals surface area contributed by atoms with Crippen LogP contribution < -0.4 is 11.1 Å². The van der Waals surface area contributed by atoms with Crippen LogP contribution >= 0.6 is 0 Å². The van der Waals surface area contributed by atoms with Crippen LogP contribution in [0.25, 0.3) is 0 Å². The molecule has 1 saturated heterocycles. The zero-order valence-corrected chi connectivity index (χ0v) is 10.7. The van der Waals surface area contributed by atoms with E-state index < -0.39 is 0 Å². The highest BCUT2D eigenvalue weighted by Gasteiger charge is 2.09. The van der Waals surface area contributed by atoms with Crippen molar-refractivity contribution in [2.75, 3.05) is 58.9 Å². The average molecular weight is 228 g/mol. The van der Waals surface area contributed by atoms with Crippen LogP contribution in [-0.2, 0) is 0 Å². The molecular weight excluding hydrogens is 200 g/mol. The molecular formula is C12H28N4. The summed E-state index contributed by atoms with van der Waals surface area (Å²) in [5, 5.41) is 3.51. The molecule has 0 saturated carbocycles. The molecule has 0 atom stereocenters. The van der Waals surface area contributed by atoms with Crippen molar-refractivity contribution in [2.24, 2.45) is 5.73 Å². The monoisotopic (exact) mass is 228 g/mol. The number of hydrogen-bond acceptors (Lipinski definition) is 4. The van der Waals surface area contributed by atoms with Crippen LogP contribution in [0.15, 0.2) is 0 Å². The first-order valence-electron chi connectivity index (χ1n) is 6.72. The Labute approximate surface area is 100 Å². The SMILES string of the molecule is CCCN1CCNCCCN(CCN)CC1. The van der Waals surface area contributed by atoms with Crippen molar-refractivity contribution in [1.82, 2.24) is 15.1 Å². The molecule has 96 valence electrons. The highest BCUT2D eigenvalue weighted by molar-refractivity contribution is 4.67. The summed E-state index contributed by atoms with van der Waals surface area (Å²) in [6.45, 7) is 12.3. The smallest absolute Gasteiger partial charge is 0.0110 e. The van der Waals surface area contributed by atoms with Crippen LogP contribution in [0.5, 0.6) is 0 Å². The van der Waals surface area contributed by atoms with Gasteiger partial charge < -0.3 is 20.9 Å². The summed E-state index contributed by atoms with van der Waals surface area (Å²) >= 11 is 0. The number of nitrogens with two attached hydrogens (primary N) is 1. The van der Waals surface area contributed by atoms with E-state index in [2.05, 4.69) is 22.0 Å². The van der Waals surface area contributed by atoms with Crippen LogP contribution in [0.2, 0.25) is 0 Å². The molecule has 1 fully saturated rings. The lowest BCUT2D eigenvalue weighted by Gasteiger charge is -2.29. The van der Waals surface area contributed by atoms with Gasteiger partial charge in [-0.15, -0.1) is 0 Å². The van der Waals surface area contributed by atoms with Crippen LogP contribution in [0.1, 0.15) is 19.8 Å². The molecule has 0 aliphatic carbocycles. The van der Waals surface area contributed by atoms with Crippen molar-refractivity contribution in [3.63, 3.8) is 0 Å². The molecule has 1 heterocycles. The molecule has 3 N–H and O–H groups in total. The molecule has 1 aliphatic rings. The minimum Gasteiger partial charge on any atom is -0.329 e. The van der Waals surface area contributed by atoms with Crippen LogP contribution in [0.4, 0.5) is 0 Å². The van der Waals surface area contributed by atoms with Crippen LogP contribution in [0.3, 0.4) is 0 Å². The Morgan fingerprint density at radius 3 is 2.44 bits per heavy atom. The fourth-order valence-electron chi connectivity index (χ4n) is 2.24. The van der Waals surface area contributed by atoms with Gasteiger partial charge in [0.15, 0.2) is 0 Å². The quantitative estimate of drug-likeness (QED) is 0.708. The Kier molecular flexibility index (Phi) is 7.76. The third kappa shape index (κ3) is 5.80. The van der Waals surface area contributed by atoms with Gasteiger partial charge in [0.2, 0.25) is 0 Å². The molecule has 0 unspecified atom stereocenters. The fourth-order valence-corrected chi connectivity index (χ4v) is 2.24. The van der Waals surface area contributed by atoms with Gasteiger partial charge in [-0.2, -0.15) is 0 Å². The van der Waals surface area contributed by atoms with Gasteiger partial charge in [0.25, 0.3) is 0 Å². The highest BCUT2D eigenvalue weighted by atomic mass is 15.2. The van der Waals surface area contributed by atoms with E-state index in [1.165, 1.54) is 45.6 Å². The summed E-state index contributed by atoms with van der Waals surface area (Å²) in [6.07, 6.45) is 2.49. The number of nitrogens with zero attached hydrogens (tertiary/aromatic N) is 2. The van der Waals surface area contributed by atoms with E-state index >= 15 is 0 Å². The van der Waals surface area contributed by atoms with E-state index in [4.69, 9.17) is 5.73 Å². The summed E-state index contributed by atoms with van der Waals surface area (Å²) in [5.74, 6) is 0. The van der Waals surface area contributed by atoms with Crippen molar-refractivity contribution >= 4 is 0 Å². The summed E-state index contributed by atoms with van der Waals surface area (Å²) < 4.78 is 0. The van der Waals surface area contributed by atoms with Gasteiger partial charge in [-0.1, -0.05) is 6.92 Å². The average Bonchev–Trinajstić information content (AvgIpc) is 2.30. The second kappa shape index (κ2) is 8.93. The van der Waals surface area contributed by atoms with E-state index in [1.54, 1.807) is 0 Å². The largest absolute Gasteiger partial charge is 0.329 e. The molecule has 4 nitrogen and oxygen atoms in total. The lowest BCUT2D eigenvalue weighted by Crippen LogP contribution is -2.43. The zero-order valence-electron chi connectivity index (χ0n) is 10.7. The summed E-state index contributed by atoms with van der Waals surface area (Å²) in [6, 6.07) is 0. The third-order valence-electron chi connectivity index (χ3n) is 3.15. The molecule has 0 bridgehead atoms. The lowest BCUT2D eigenvalue weighted by molar-refractivity contribution is 0.196. The zero-order chi connectivity index (χ0) is 11.6. The first kappa shape index (κ1) is 13.9. The van der Waals surface area contributed by atoms with E-state index in [0.717, 1.165) is 26.2 Å². The summed E-state index contributed by atoms with van der Waals surface area (Å²) in [4.78, 5) is 5.05. The second-order valence-corrected chi connectivity index (χ2v) is 4.58. The van der Waals surface area contributed by atoms with Crippen molar-refractivity contribution in [2.45, 2.75) is 19.8 Å². The molecule has 16 heavy (non-hydrogen) atoms. The molecule has 0 spiro atoms. The Balaban J connectivity index is 2.34. The molecule has 1 aliphatic heterocycles. The Bertz CT molecular complexity index is 145. The minimum absolute atomic E-state index is 0.779. The van der Waals surface area contributed by atoms with Crippen LogP contribution in [-0.4, -0.2) is 68.7 Å². The normalized spacial score (nSPS) is 22.1. The standard InChI is InChI=1S/C12H28N4/c1-2-7-15-10-6-14-5-3-8-16(9-4-13)12-11-15/h14H,2-13H2,1H3. The number of hydrogen-bond donors (Lipinski definition) is 2. The summed E-state index contributed by atoms with van der Waals surface area (Å²) in [5.41, 5.74) is 5.64. The van der Waals surface area contributed by atoms with Gasteiger partial charge in [0.1, 0.15) is 0 Å². The Morgan fingerprint density at radius 2 is 1.75 bits per heavy atom. The van der Waals surface area contributed by atoms with Gasteiger partial charge in [-0.05, 0) is 32.5 Å². The maximum absolute atomic E-state index is 5.64. The van der Waals surface area contributed by atoms with E-state index in [9.17, 15) is 0 Å². The molecule has 0 aromatic rings. The molecule has 0 aromatic heterocycles. The predicted octanol–water partition coefficient (Wildman–Crippen LogP) is -0.0476. The van der Waals surface area contributed by atoms with Crippen molar-refractivity contribution in [1.29, 1.82) is 0 Å². The predicted molar refractivity (Wildman–Crippen MR) is 69.7 cm³/mol. The first-order valence-corrected chi connectivity index (χ1v) is 6.72. The van der Waals surface area contributed by atoms with Crippen molar-refractivity contribution in [3.05, 3.63) is 0 Å². The van der Waals surface area contributed by atoms with Gasteiger partial charge in [-0.25, -0.2) is 0 Å². The Morgan fingerprint density at radius 1 is 1.00 bits per heavy atom. The fraction of sp³-hybridized carbons (Fsp3) is 1.00. The minimum atomic E-state index is 0.779. The second-order valence-electron chi connectivity index (χ2n) is 4.58. The van der Waals surface area contributed by atoms with Crippen LogP contribution in [0, 0.1) is 0 Å². The summed E-state index contributed by atoms with van der Waals surface area (Å²) in [7, 11) is 0. The molecule has 4 heteroatoms. The van der Waals surface area contributed by atoms with Gasteiger partial charge in [0.05, 0.1) is 0 Å². The highest BCUT2D eigenvalue weighted by Crippen LogP contribution is 1.97. The van der Waals surface area contributed by atoms with Gasteiger partial charge in [-0.3, -0.25) is 0 Å². The Hall–Kier alpha value is -0.160. The van der Waals surface area contributed by atoms with Gasteiger partial charge >= 0.3 is 0 Å². The molecule has 0 amide bonds.